The largest absolute Gasteiger partial charge is 0.323 e. The number of aryl methyl sites for hydroxylation is 2. The predicted molar refractivity (Wildman–Crippen MR) is 98.2 cm³/mol. The zero-order valence-corrected chi connectivity index (χ0v) is 15.8. The summed E-state index contributed by atoms with van der Waals surface area (Å²) in [5.74, 6) is 0.489. The second kappa shape index (κ2) is 6.99. The number of amides is 1. The van der Waals surface area contributed by atoms with E-state index < -0.39 is 5.41 Å². The van der Waals surface area contributed by atoms with Gasteiger partial charge in [-0.05, 0) is 48.6 Å². The number of nitrogens with zero attached hydrogens (tertiary/aromatic N) is 5. The highest BCUT2D eigenvalue weighted by Crippen LogP contribution is 2.47. The van der Waals surface area contributed by atoms with E-state index in [0.29, 0.717) is 18.9 Å². The third kappa shape index (κ3) is 3.45. The molecule has 2 heterocycles. The lowest BCUT2D eigenvalue weighted by Crippen LogP contribution is -2.44. The first-order valence-electron chi connectivity index (χ1n) is 9.49. The number of carbonyl (C=O) groups excluding carboxylic acids is 1. The van der Waals surface area contributed by atoms with E-state index in [1.54, 1.807) is 13.1 Å². The zero-order valence-electron chi connectivity index (χ0n) is 15.8. The van der Waals surface area contributed by atoms with Gasteiger partial charge in [0.05, 0.1) is 24.7 Å². The molecule has 1 amide bonds. The van der Waals surface area contributed by atoms with Gasteiger partial charge in [-0.2, -0.15) is 4.80 Å². The maximum absolute atomic E-state index is 14.2. The molecule has 144 valence electrons. The number of nitrogens with one attached hydrogen (secondary N) is 1. The maximum atomic E-state index is 14.2. The molecular weight excluding hydrogens is 347 g/mol. The van der Waals surface area contributed by atoms with Crippen LogP contribution in [0.5, 0.6) is 0 Å². The van der Waals surface area contributed by atoms with Crippen molar-refractivity contribution in [2.75, 3.05) is 18.4 Å². The van der Waals surface area contributed by atoms with E-state index in [4.69, 9.17) is 0 Å². The minimum absolute atomic E-state index is 0.0652. The van der Waals surface area contributed by atoms with E-state index in [1.165, 1.54) is 10.9 Å². The Bertz CT molecular complexity index is 852. The minimum Gasteiger partial charge on any atom is -0.323 e. The third-order valence-electron chi connectivity index (χ3n) is 5.93. The maximum Gasteiger partial charge on any atom is 0.232 e. The number of halogens is 1. The van der Waals surface area contributed by atoms with Gasteiger partial charge < -0.3 is 5.32 Å². The Morgan fingerprint density at radius 3 is 3.00 bits per heavy atom. The number of fused-ring (bicyclic) bond motifs is 1. The van der Waals surface area contributed by atoms with Crippen molar-refractivity contribution < 1.29 is 9.18 Å². The summed E-state index contributed by atoms with van der Waals surface area (Å²) in [7, 11) is 1.74. The van der Waals surface area contributed by atoms with Crippen LogP contribution in [-0.2, 0) is 18.4 Å². The van der Waals surface area contributed by atoms with Crippen molar-refractivity contribution in [3.05, 3.63) is 35.4 Å². The molecular formula is C19H25FN6O. The molecule has 0 spiro atoms. The molecule has 1 saturated carbocycles. The molecule has 0 bridgehead atoms. The predicted octanol–water partition coefficient (Wildman–Crippen LogP) is 2.29. The van der Waals surface area contributed by atoms with E-state index in [1.807, 2.05) is 13.0 Å². The Labute approximate surface area is 157 Å². The van der Waals surface area contributed by atoms with E-state index in [-0.39, 0.29) is 23.3 Å². The van der Waals surface area contributed by atoms with Crippen molar-refractivity contribution in [3.8, 4) is 0 Å². The van der Waals surface area contributed by atoms with Crippen LogP contribution in [0.2, 0.25) is 0 Å². The van der Waals surface area contributed by atoms with E-state index >= 15 is 0 Å². The van der Waals surface area contributed by atoms with Crippen molar-refractivity contribution in [2.24, 2.45) is 18.4 Å². The quantitative estimate of drug-likeness (QED) is 0.891. The van der Waals surface area contributed by atoms with Gasteiger partial charge in [0, 0.05) is 13.1 Å². The summed E-state index contributed by atoms with van der Waals surface area (Å²) in [6.45, 7) is 3.90. The van der Waals surface area contributed by atoms with Crippen LogP contribution in [0.25, 0.3) is 0 Å². The lowest BCUT2D eigenvalue weighted by atomic mass is 9.67. The number of anilines is 1. The van der Waals surface area contributed by atoms with Gasteiger partial charge in [-0.25, -0.2) is 4.39 Å². The molecule has 4 rings (SSSR count). The van der Waals surface area contributed by atoms with Crippen molar-refractivity contribution in [3.63, 3.8) is 0 Å². The number of rotatable bonds is 4. The van der Waals surface area contributed by atoms with Gasteiger partial charge in [0.2, 0.25) is 5.91 Å². The molecule has 2 aromatic rings. The fraction of sp³-hybridized carbons (Fsp3) is 0.579. The van der Waals surface area contributed by atoms with Gasteiger partial charge in [0.25, 0.3) is 0 Å². The average molecular weight is 372 g/mol. The van der Waals surface area contributed by atoms with Crippen LogP contribution in [0.15, 0.2) is 18.2 Å². The highest BCUT2D eigenvalue weighted by atomic mass is 19.1. The van der Waals surface area contributed by atoms with E-state index in [2.05, 4.69) is 25.6 Å². The Morgan fingerprint density at radius 1 is 1.41 bits per heavy atom. The smallest absolute Gasteiger partial charge is 0.232 e. The van der Waals surface area contributed by atoms with Gasteiger partial charge in [0.15, 0.2) is 5.82 Å². The van der Waals surface area contributed by atoms with E-state index in [9.17, 15) is 9.18 Å². The first kappa shape index (κ1) is 18.0. The van der Waals surface area contributed by atoms with Crippen molar-refractivity contribution in [2.45, 2.75) is 39.2 Å². The summed E-state index contributed by atoms with van der Waals surface area (Å²) in [6.07, 6.45) is 4.02. The average Bonchev–Trinajstić information content (AvgIpc) is 3.21. The first-order valence-corrected chi connectivity index (χ1v) is 9.49. The molecule has 1 aliphatic heterocycles. The number of likely N-dealkylation sites (tertiary alicyclic amines) is 1. The molecule has 1 aliphatic carbocycles. The van der Waals surface area contributed by atoms with Gasteiger partial charge >= 0.3 is 0 Å². The first-order chi connectivity index (χ1) is 13.0. The highest BCUT2D eigenvalue weighted by molar-refractivity contribution is 5.96. The van der Waals surface area contributed by atoms with Crippen molar-refractivity contribution >= 4 is 11.6 Å². The van der Waals surface area contributed by atoms with Gasteiger partial charge in [-0.1, -0.05) is 18.9 Å². The molecule has 1 aromatic heterocycles. The molecule has 0 radical (unpaired) electrons. The van der Waals surface area contributed by atoms with Gasteiger partial charge in [0.1, 0.15) is 5.82 Å². The highest BCUT2D eigenvalue weighted by Gasteiger charge is 2.52. The Balaban J connectivity index is 1.53. The normalized spacial score (nSPS) is 25.4. The van der Waals surface area contributed by atoms with Crippen molar-refractivity contribution in [1.29, 1.82) is 0 Å². The SMILES string of the molecule is Cc1ccc(NC(=O)[C@@]23CCCC[C@H]2CN(Cc2nnn(C)n2)C3)c(F)c1. The van der Waals surface area contributed by atoms with Crippen LogP contribution in [0.4, 0.5) is 10.1 Å². The molecule has 2 fully saturated rings. The lowest BCUT2D eigenvalue weighted by molar-refractivity contribution is -0.128. The van der Waals surface area contributed by atoms with Crippen LogP contribution < -0.4 is 5.32 Å². The molecule has 1 saturated heterocycles. The number of tetrazole rings is 1. The summed E-state index contributed by atoms with van der Waals surface area (Å²) in [6, 6.07) is 4.91. The lowest BCUT2D eigenvalue weighted by Gasteiger charge is -2.37. The zero-order chi connectivity index (χ0) is 19.0. The fourth-order valence-corrected chi connectivity index (χ4v) is 4.61. The second-order valence-electron chi connectivity index (χ2n) is 7.90. The molecule has 8 heteroatoms. The summed E-state index contributed by atoms with van der Waals surface area (Å²) in [4.78, 5) is 16.9. The summed E-state index contributed by atoms with van der Waals surface area (Å²) in [5, 5.41) is 15.1. The summed E-state index contributed by atoms with van der Waals surface area (Å²) < 4.78 is 14.2. The Kier molecular flexibility index (Phi) is 4.67. The van der Waals surface area contributed by atoms with Crippen LogP contribution in [-0.4, -0.2) is 44.1 Å². The van der Waals surface area contributed by atoms with Gasteiger partial charge in [-0.3, -0.25) is 9.69 Å². The molecule has 2 atom stereocenters. The summed E-state index contributed by atoms with van der Waals surface area (Å²) >= 11 is 0. The standard InChI is InChI=1S/C19H25FN6O/c1-13-6-7-16(15(20)9-13)21-18(27)19-8-4-3-5-14(19)10-26(12-19)11-17-22-24-25(2)23-17/h6-7,9,14H,3-5,8,10-12H2,1-2H3,(H,21,27)/t14-,19+/m0/s1. The molecule has 27 heavy (non-hydrogen) atoms. The topological polar surface area (TPSA) is 75.9 Å². The van der Waals surface area contributed by atoms with Crippen molar-refractivity contribution in [1.82, 2.24) is 25.1 Å². The minimum atomic E-state index is -0.474. The molecule has 7 nitrogen and oxygen atoms in total. The molecule has 0 unspecified atom stereocenters. The summed E-state index contributed by atoms with van der Waals surface area (Å²) in [5.41, 5.74) is 0.624. The van der Waals surface area contributed by atoms with Crippen LogP contribution in [0, 0.1) is 24.1 Å². The fourth-order valence-electron chi connectivity index (χ4n) is 4.61. The third-order valence-corrected chi connectivity index (χ3v) is 5.93. The number of benzene rings is 1. The second-order valence-corrected chi connectivity index (χ2v) is 7.90. The van der Waals surface area contributed by atoms with Crippen LogP contribution >= 0.6 is 0 Å². The Hall–Kier alpha value is -2.35. The number of aromatic nitrogens is 4. The number of carbonyl (C=O) groups is 1. The Morgan fingerprint density at radius 2 is 2.26 bits per heavy atom. The number of hydrogen-bond donors (Lipinski definition) is 1. The van der Waals surface area contributed by atoms with Crippen LogP contribution in [0.3, 0.4) is 0 Å². The monoisotopic (exact) mass is 372 g/mol. The van der Waals surface area contributed by atoms with E-state index in [0.717, 1.165) is 37.8 Å². The number of hydrogen-bond acceptors (Lipinski definition) is 5. The molecule has 1 aromatic carbocycles. The molecule has 2 aliphatic rings. The molecule has 1 N–H and O–H groups in total. The van der Waals surface area contributed by atoms with Crippen LogP contribution in [0.1, 0.15) is 37.1 Å². The van der Waals surface area contributed by atoms with Gasteiger partial charge in [-0.15, -0.1) is 10.2 Å².